The van der Waals surface area contributed by atoms with E-state index in [1.54, 1.807) is 0 Å². The van der Waals surface area contributed by atoms with Crippen LogP contribution in [0.25, 0.3) is 0 Å². The second-order valence-electron chi connectivity index (χ2n) is 16.8. The van der Waals surface area contributed by atoms with E-state index in [9.17, 15) is 19.2 Å². The van der Waals surface area contributed by atoms with Gasteiger partial charge in [0.25, 0.3) is 0 Å². The summed E-state index contributed by atoms with van der Waals surface area (Å²) in [6, 6.07) is 0. The van der Waals surface area contributed by atoms with Crippen molar-refractivity contribution in [2.75, 3.05) is 7.11 Å². The summed E-state index contributed by atoms with van der Waals surface area (Å²) in [7, 11) is 1.35. The second kappa shape index (κ2) is 10.7. The molecule has 0 unspecified atom stereocenters. The van der Waals surface area contributed by atoms with Gasteiger partial charge in [-0.1, -0.05) is 54.0 Å². The van der Waals surface area contributed by atoms with Crippen LogP contribution < -0.4 is 0 Å². The quantitative estimate of drug-likeness (QED) is 0.222. The lowest BCUT2D eigenvalue weighted by Crippen LogP contribution is -2.66. The van der Waals surface area contributed by atoms with Crippen molar-refractivity contribution in [1.82, 2.24) is 0 Å². The van der Waals surface area contributed by atoms with E-state index in [2.05, 4.69) is 41.5 Å². The van der Waals surface area contributed by atoms with E-state index in [4.69, 9.17) is 21.1 Å². The first-order chi connectivity index (χ1) is 19.9. The van der Waals surface area contributed by atoms with Crippen LogP contribution in [0.1, 0.15) is 126 Å². The first kappa shape index (κ1) is 32.7. The van der Waals surface area contributed by atoms with Crippen LogP contribution in [0.4, 0.5) is 0 Å². The molecule has 5 rings (SSSR count). The molecule has 0 aliphatic heterocycles. The monoisotopic (exact) mass is 616 g/mol. The molecule has 0 aromatic carbocycles. The lowest BCUT2D eigenvalue weighted by molar-refractivity contribution is -0.211. The van der Waals surface area contributed by atoms with Crippen LogP contribution in [0, 0.1) is 50.2 Å². The number of rotatable bonds is 6. The van der Waals surface area contributed by atoms with Crippen molar-refractivity contribution in [3.63, 3.8) is 0 Å². The lowest BCUT2D eigenvalue weighted by atomic mass is 9.33. The van der Waals surface area contributed by atoms with Gasteiger partial charge in [0.05, 0.1) is 7.11 Å². The Kier molecular flexibility index (Phi) is 8.13. The molecule has 240 valence electrons. The number of esters is 2. The fourth-order valence-corrected chi connectivity index (χ4v) is 11.4. The molecule has 4 fully saturated rings. The minimum absolute atomic E-state index is 0.0859. The van der Waals surface area contributed by atoms with Gasteiger partial charge in [0.1, 0.15) is 6.10 Å². The fraction of sp³-hybridized carbons (Fsp3) is 0.833. The number of ether oxygens (including phenoxy) is 2. The molecule has 0 bridgehead atoms. The number of halogens is 1. The van der Waals surface area contributed by atoms with Crippen LogP contribution in [0.5, 0.6) is 0 Å². The number of carbonyl (C=O) groups is 4. The van der Waals surface area contributed by atoms with Crippen molar-refractivity contribution in [2.24, 2.45) is 50.2 Å². The number of fused-ring (bicyclic) bond motifs is 7. The van der Waals surface area contributed by atoms with Crippen molar-refractivity contribution in [1.29, 1.82) is 0 Å². The third-order valence-corrected chi connectivity index (χ3v) is 14.7. The highest BCUT2D eigenvalue weighted by Crippen LogP contribution is 2.75. The highest BCUT2D eigenvalue weighted by molar-refractivity contribution is 6.64. The van der Waals surface area contributed by atoms with Crippen molar-refractivity contribution >= 4 is 34.6 Å². The Hall–Kier alpha value is -1.69. The molecule has 0 radical (unpaired) electrons. The first-order valence-corrected chi connectivity index (χ1v) is 17.0. The average Bonchev–Trinajstić information content (AvgIpc) is 2.92. The normalized spacial score (nSPS) is 45.0. The molecular formula is C36H53ClO6. The van der Waals surface area contributed by atoms with E-state index >= 15 is 0 Å². The standard InChI is InChI=1S/C36H53ClO6/c1-31(2)25-12-15-36(7)29(34(25,5)14-13-26(31)43-28(40)11-9-10-27(39)42-8)24(38)20-22-23-21-33(4,30(37)41)17-16-32(23,3)18-19-35(22,36)6/h20,23,25-26,29H,9-19,21H2,1-8H3/t23-,25-,26-,29+,32+,33-,34-,35+,36+/m0/s1. The molecule has 9 atom stereocenters. The maximum absolute atomic E-state index is 14.5. The van der Waals surface area contributed by atoms with Gasteiger partial charge in [-0.25, -0.2) is 0 Å². The van der Waals surface area contributed by atoms with Crippen molar-refractivity contribution in [2.45, 2.75) is 132 Å². The number of hydrogen-bond donors (Lipinski definition) is 0. The molecule has 5 aliphatic carbocycles. The Labute approximate surface area is 263 Å². The van der Waals surface area contributed by atoms with Gasteiger partial charge in [-0.05, 0) is 115 Å². The third-order valence-electron chi connectivity index (χ3n) is 14.3. The van der Waals surface area contributed by atoms with Gasteiger partial charge in [-0.3, -0.25) is 19.2 Å². The molecular weight excluding hydrogens is 564 g/mol. The Morgan fingerprint density at radius 3 is 2.19 bits per heavy atom. The Morgan fingerprint density at radius 2 is 1.53 bits per heavy atom. The van der Waals surface area contributed by atoms with Crippen molar-refractivity contribution in [3.8, 4) is 0 Å². The van der Waals surface area contributed by atoms with Gasteiger partial charge in [0.2, 0.25) is 5.24 Å². The van der Waals surface area contributed by atoms with Gasteiger partial charge in [-0.2, -0.15) is 0 Å². The summed E-state index contributed by atoms with van der Waals surface area (Å²) in [5.74, 6) is -0.00114. The number of hydrogen-bond acceptors (Lipinski definition) is 6. The molecule has 6 nitrogen and oxygen atoms in total. The molecule has 4 saturated carbocycles. The summed E-state index contributed by atoms with van der Waals surface area (Å²) >= 11 is 6.18. The zero-order valence-corrected chi connectivity index (χ0v) is 28.5. The maximum Gasteiger partial charge on any atom is 0.306 e. The summed E-state index contributed by atoms with van der Waals surface area (Å²) in [6.07, 6.45) is 10.8. The average molecular weight is 617 g/mol. The zero-order valence-electron chi connectivity index (χ0n) is 27.7. The predicted molar refractivity (Wildman–Crippen MR) is 166 cm³/mol. The number of ketones is 1. The Morgan fingerprint density at radius 1 is 0.884 bits per heavy atom. The molecule has 5 aliphatic rings. The smallest absolute Gasteiger partial charge is 0.306 e. The van der Waals surface area contributed by atoms with Gasteiger partial charge in [0, 0.05) is 29.6 Å². The molecule has 0 amide bonds. The number of methoxy groups -OCH3 is 1. The number of carbonyl (C=O) groups excluding carboxylic acids is 4. The molecule has 0 aromatic heterocycles. The topological polar surface area (TPSA) is 86.7 Å². The van der Waals surface area contributed by atoms with Crippen LogP contribution in [-0.4, -0.2) is 36.2 Å². The maximum atomic E-state index is 14.5. The highest BCUT2D eigenvalue weighted by Gasteiger charge is 2.70. The van der Waals surface area contributed by atoms with Crippen LogP contribution in [-0.2, 0) is 28.7 Å². The van der Waals surface area contributed by atoms with Gasteiger partial charge in [0.15, 0.2) is 5.78 Å². The highest BCUT2D eigenvalue weighted by atomic mass is 35.5. The number of allylic oxidation sites excluding steroid dienone is 2. The fourth-order valence-electron chi connectivity index (χ4n) is 11.2. The van der Waals surface area contributed by atoms with E-state index in [0.29, 0.717) is 6.42 Å². The molecule has 0 spiro atoms. The molecule has 0 N–H and O–H groups in total. The van der Waals surface area contributed by atoms with Crippen LogP contribution >= 0.6 is 11.6 Å². The molecule has 0 saturated heterocycles. The van der Waals surface area contributed by atoms with E-state index in [-0.39, 0.29) is 86.7 Å². The van der Waals surface area contributed by atoms with Crippen molar-refractivity contribution < 1.29 is 28.7 Å². The van der Waals surface area contributed by atoms with Crippen LogP contribution in [0.2, 0.25) is 0 Å². The van der Waals surface area contributed by atoms with Gasteiger partial charge < -0.3 is 9.47 Å². The second-order valence-corrected chi connectivity index (χ2v) is 17.1. The first-order valence-electron chi connectivity index (χ1n) is 16.6. The largest absolute Gasteiger partial charge is 0.469 e. The molecule has 43 heavy (non-hydrogen) atoms. The van der Waals surface area contributed by atoms with Crippen LogP contribution in [0.15, 0.2) is 11.6 Å². The van der Waals surface area contributed by atoms with Gasteiger partial charge >= 0.3 is 11.9 Å². The summed E-state index contributed by atoms with van der Waals surface area (Å²) in [5.41, 5.74) is 0.0216. The van der Waals surface area contributed by atoms with Crippen molar-refractivity contribution in [3.05, 3.63) is 11.6 Å². The van der Waals surface area contributed by atoms with E-state index in [1.165, 1.54) is 12.7 Å². The summed E-state index contributed by atoms with van der Waals surface area (Å²) in [6.45, 7) is 16.0. The van der Waals surface area contributed by atoms with E-state index in [1.807, 2.05) is 13.0 Å². The van der Waals surface area contributed by atoms with Gasteiger partial charge in [-0.15, -0.1) is 0 Å². The SMILES string of the molecule is COC(=O)CCCC(=O)O[C@H]1CC[C@]2(C)[C@H]3C(=O)C=C4[C@@H]5C[C@@](C)(C(=O)Cl)CC[C@]5(C)CC[C@@]4(C)[C@]3(C)CC[C@H]2C1(C)C. The Bertz CT molecular complexity index is 1240. The molecule has 0 heterocycles. The summed E-state index contributed by atoms with van der Waals surface area (Å²) in [4.78, 5) is 51.4. The zero-order chi connectivity index (χ0) is 31.8. The van der Waals surface area contributed by atoms with E-state index < -0.39 is 5.41 Å². The van der Waals surface area contributed by atoms with E-state index in [0.717, 1.165) is 57.8 Å². The summed E-state index contributed by atoms with van der Waals surface area (Å²) < 4.78 is 10.8. The molecule has 0 aromatic rings. The third kappa shape index (κ3) is 4.86. The molecule has 7 heteroatoms. The Balaban J connectivity index is 1.43. The predicted octanol–water partition coefficient (Wildman–Crippen LogP) is 7.99. The minimum Gasteiger partial charge on any atom is -0.469 e. The lowest BCUT2D eigenvalue weighted by Gasteiger charge is -2.70. The van der Waals surface area contributed by atoms with Crippen LogP contribution in [0.3, 0.4) is 0 Å². The summed E-state index contributed by atoms with van der Waals surface area (Å²) in [5, 5.41) is -0.246. The minimum atomic E-state index is -0.547.